The van der Waals surface area contributed by atoms with Crippen LogP contribution in [0.25, 0.3) is 0 Å². The quantitative estimate of drug-likeness (QED) is 0.857. The van der Waals surface area contributed by atoms with Crippen LogP contribution in [-0.4, -0.2) is 30.9 Å². The number of hydrogen-bond acceptors (Lipinski definition) is 3. The average molecular weight is 271 g/mol. The highest BCUT2D eigenvalue weighted by atomic mass is 32.2. The maximum absolute atomic E-state index is 12.1. The summed E-state index contributed by atoms with van der Waals surface area (Å²) in [7, 11) is -1.66. The van der Waals surface area contributed by atoms with Gasteiger partial charge in [-0.2, -0.15) is 0 Å². The minimum atomic E-state index is -3.27. The fourth-order valence-electron chi connectivity index (χ4n) is 1.58. The summed E-state index contributed by atoms with van der Waals surface area (Å²) in [6.07, 6.45) is 0.791. The topological polar surface area (TPSA) is 57.6 Å². The summed E-state index contributed by atoms with van der Waals surface area (Å²) in [6, 6.07) is 6.98. The van der Waals surface area contributed by atoms with E-state index in [2.05, 4.69) is 0 Å². The molecule has 1 N–H and O–H groups in total. The van der Waals surface area contributed by atoms with E-state index in [1.54, 1.807) is 31.3 Å². The van der Waals surface area contributed by atoms with Gasteiger partial charge in [-0.3, -0.25) is 0 Å². The number of nitrogens with zero attached hydrogens (tertiary/aromatic N) is 1. The van der Waals surface area contributed by atoms with Gasteiger partial charge in [-0.1, -0.05) is 31.2 Å². The van der Waals surface area contributed by atoms with Crippen LogP contribution in [0.3, 0.4) is 0 Å². The molecule has 1 unspecified atom stereocenters. The Balaban J connectivity index is 2.81. The van der Waals surface area contributed by atoms with Crippen molar-refractivity contribution in [2.75, 3.05) is 7.05 Å². The van der Waals surface area contributed by atoms with Crippen LogP contribution in [0, 0.1) is 0 Å². The lowest BCUT2D eigenvalue weighted by molar-refractivity contribution is 0.282. The van der Waals surface area contributed by atoms with Crippen LogP contribution >= 0.6 is 0 Å². The van der Waals surface area contributed by atoms with Gasteiger partial charge in [0.1, 0.15) is 0 Å². The predicted molar refractivity (Wildman–Crippen MR) is 72.5 cm³/mol. The van der Waals surface area contributed by atoms with Gasteiger partial charge in [0.25, 0.3) is 0 Å². The summed E-state index contributed by atoms with van der Waals surface area (Å²) in [4.78, 5) is 0. The zero-order valence-electron chi connectivity index (χ0n) is 11.1. The molecule has 0 spiro atoms. The third kappa shape index (κ3) is 3.80. The Labute approximate surface area is 109 Å². The van der Waals surface area contributed by atoms with Crippen molar-refractivity contribution in [1.82, 2.24) is 4.31 Å². The molecule has 0 saturated heterocycles. The molecule has 0 aliphatic carbocycles. The molecule has 1 rings (SSSR count). The highest BCUT2D eigenvalue weighted by Gasteiger charge is 2.22. The van der Waals surface area contributed by atoms with Crippen molar-refractivity contribution in [3.63, 3.8) is 0 Å². The summed E-state index contributed by atoms with van der Waals surface area (Å²) >= 11 is 0. The summed E-state index contributed by atoms with van der Waals surface area (Å²) in [5.41, 5.74) is 1.52. The number of rotatable bonds is 6. The van der Waals surface area contributed by atoms with E-state index in [4.69, 9.17) is 5.11 Å². The Morgan fingerprint density at radius 2 is 1.72 bits per heavy atom. The van der Waals surface area contributed by atoms with Gasteiger partial charge in [-0.25, -0.2) is 12.7 Å². The van der Waals surface area contributed by atoms with E-state index >= 15 is 0 Å². The van der Waals surface area contributed by atoms with E-state index in [1.165, 1.54) is 4.31 Å². The monoisotopic (exact) mass is 271 g/mol. The fourth-order valence-corrected chi connectivity index (χ4v) is 3.10. The third-order valence-electron chi connectivity index (χ3n) is 3.20. The van der Waals surface area contributed by atoms with Gasteiger partial charge < -0.3 is 5.11 Å². The second-order valence-corrected chi connectivity index (χ2v) is 6.53. The Hall–Kier alpha value is -0.910. The van der Waals surface area contributed by atoms with Crippen LogP contribution in [0.15, 0.2) is 24.3 Å². The standard InChI is InChI=1S/C13H21NO3S/c1-4-11(2)14(3)18(16,17)10-13-7-5-12(9-15)6-8-13/h5-8,11,15H,4,9-10H2,1-3H3. The SMILES string of the molecule is CCC(C)N(C)S(=O)(=O)Cc1ccc(CO)cc1. The molecule has 0 bridgehead atoms. The molecule has 1 aromatic carbocycles. The Kier molecular flexibility index (Phi) is 5.31. The number of hydrogen-bond donors (Lipinski definition) is 1. The van der Waals surface area contributed by atoms with Gasteiger partial charge in [0.15, 0.2) is 0 Å². The molecule has 0 radical (unpaired) electrons. The summed E-state index contributed by atoms with van der Waals surface area (Å²) < 4.78 is 25.7. The summed E-state index contributed by atoms with van der Waals surface area (Å²) in [6.45, 7) is 3.83. The normalized spacial score (nSPS) is 13.8. The van der Waals surface area contributed by atoms with Crippen molar-refractivity contribution < 1.29 is 13.5 Å². The Morgan fingerprint density at radius 3 is 2.17 bits per heavy atom. The first-order valence-electron chi connectivity index (χ1n) is 6.05. The second-order valence-electron chi connectivity index (χ2n) is 4.50. The fraction of sp³-hybridized carbons (Fsp3) is 0.538. The van der Waals surface area contributed by atoms with Gasteiger partial charge in [0, 0.05) is 13.1 Å². The molecule has 0 heterocycles. The van der Waals surface area contributed by atoms with E-state index in [1.807, 2.05) is 13.8 Å². The van der Waals surface area contributed by atoms with Gasteiger partial charge in [0.2, 0.25) is 10.0 Å². The molecule has 0 aliphatic rings. The van der Waals surface area contributed by atoms with Crippen LogP contribution in [0.2, 0.25) is 0 Å². The number of aliphatic hydroxyl groups excluding tert-OH is 1. The zero-order valence-corrected chi connectivity index (χ0v) is 11.9. The average Bonchev–Trinajstić information content (AvgIpc) is 2.37. The first-order chi connectivity index (χ1) is 8.40. The predicted octanol–water partition coefficient (Wildman–Crippen LogP) is 1.74. The van der Waals surface area contributed by atoms with Crippen LogP contribution < -0.4 is 0 Å². The van der Waals surface area contributed by atoms with Crippen molar-refractivity contribution >= 4 is 10.0 Å². The molecule has 4 nitrogen and oxygen atoms in total. The van der Waals surface area contributed by atoms with E-state index in [-0.39, 0.29) is 18.4 Å². The lowest BCUT2D eigenvalue weighted by Gasteiger charge is -2.23. The Morgan fingerprint density at radius 1 is 1.22 bits per heavy atom. The number of sulfonamides is 1. The molecule has 5 heteroatoms. The summed E-state index contributed by atoms with van der Waals surface area (Å²) in [5, 5.41) is 8.93. The van der Waals surface area contributed by atoms with Crippen molar-refractivity contribution in [1.29, 1.82) is 0 Å². The van der Waals surface area contributed by atoms with Crippen molar-refractivity contribution in [2.24, 2.45) is 0 Å². The molecule has 1 atom stereocenters. The van der Waals surface area contributed by atoms with Gasteiger partial charge in [-0.15, -0.1) is 0 Å². The van der Waals surface area contributed by atoms with Crippen molar-refractivity contribution in [3.8, 4) is 0 Å². The molecule has 0 saturated carbocycles. The second kappa shape index (κ2) is 6.31. The maximum Gasteiger partial charge on any atom is 0.218 e. The van der Waals surface area contributed by atoms with Crippen LogP contribution in [0.1, 0.15) is 31.4 Å². The van der Waals surface area contributed by atoms with E-state index in [0.29, 0.717) is 0 Å². The lowest BCUT2D eigenvalue weighted by atomic mass is 10.2. The first kappa shape index (κ1) is 15.1. The zero-order chi connectivity index (χ0) is 13.8. The molecule has 0 aliphatic heterocycles. The highest BCUT2D eigenvalue weighted by molar-refractivity contribution is 7.88. The van der Waals surface area contributed by atoms with E-state index < -0.39 is 10.0 Å². The van der Waals surface area contributed by atoms with Gasteiger partial charge in [-0.05, 0) is 24.5 Å². The largest absolute Gasteiger partial charge is 0.392 e. The van der Waals surface area contributed by atoms with Crippen LogP contribution in [0.5, 0.6) is 0 Å². The molecule has 18 heavy (non-hydrogen) atoms. The molecule has 0 amide bonds. The minimum Gasteiger partial charge on any atom is -0.392 e. The lowest BCUT2D eigenvalue weighted by Crippen LogP contribution is -2.35. The molecule has 102 valence electrons. The molecule has 0 aromatic heterocycles. The van der Waals surface area contributed by atoms with Crippen molar-refractivity contribution in [2.45, 2.75) is 38.7 Å². The molecule has 0 fully saturated rings. The van der Waals surface area contributed by atoms with Crippen LogP contribution in [-0.2, 0) is 22.4 Å². The highest BCUT2D eigenvalue weighted by Crippen LogP contribution is 2.14. The number of benzene rings is 1. The smallest absolute Gasteiger partial charge is 0.218 e. The van der Waals surface area contributed by atoms with Crippen LogP contribution in [0.4, 0.5) is 0 Å². The molecular weight excluding hydrogens is 250 g/mol. The number of aliphatic hydroxyl groups is 1. The molecular formula is C13H21NO3S. The van der Waals surface area contributed by atoms with E-state index in [0.717, 1.165) is 17.5 Å². The maximum atomic E-state index is 12.1. The van der Waals surface area contributed by atoms with Gasteiger partial charge in [0.05, 0.1) is 12.4 Å². The molecule has 1 aromatic rings. The first-order valence-corrected chi connectivity index (χ1v) is 7.66. The van der Waals surface area contributed by atoms with Crippen molar-refractivity contribution in [3.05, 3.63) is 35.4 Å². The third-order valence-corrected chi connectivity index (χ3v) is 5.14. The van der Waals surface area contributed by atoms with Gasteiger partial charge >= 0.3 is 0 Å². The Bertz CT molecular complexity index is 468. The minimum absolute atomic E-state index is 0.000448. The summed E-state index contributed by atoms with van der Waals surface area (Å²) in [5.74, 6) is -0.000448. The van der Waals surface area contributed by atoms with E-state index in [9.17, 15) is 8.42 Å².